The van der Waals surface area contributed by atoms with Crippen molar-refractivity contribution in [1.82, 2.24) is 15.3 Å². The van der Waals surface area contributed by atoms with E-state index >= 15 is 0 Å². The quantitative estimate of drug-likeness (QED) is 0.912. The third-order valence-corrected chi connectivity index (χ3v) is 3.87. The van der Waals surface area contributed by atoms with Crippen molar-refractivity contribution in [2.24, 2.45) is 0 Å². The molecule has 0 amide bonds. The molecule has 0 bridgehead atoms. The summed E-state index contributed by atoms with van der Waals surface area (Å²) in [5, 5.41) is 6.58. The molecule has 2 aromatic rings. The number of aryl methyl sites for hydroxylation is 1. The Labute approximate surface area is 128 Å². The highest BCUT2D eigenvalue weighted by molar-refractivity contribution is 5.66. The lowest BCUT2D eigenvalue weighted by Gasteiger charge is -2.13. The first-order valence-corrected chi connectivity index (χ1v) is 7.40. The lowest BCUT2D eigenvalue weighted by atomic mass is 10.1. The van der Waals surface area contributed by atoms with Crippen LogP contribution in [-0.2, 0) is 0 Å². The SMILES string of the molecule is Cc1nc(NCC2CCCN2)ncc1-c1ccc(F)cc1F. The fourth-order valence-corrected chi connectivity index (χ4v) is 2.67. The zero-order valence-corrected chi connectivity index (χ0v) is 12.4. The van der Waals surface area contributed by atoms with Gasteiger partial charge in [-0.2, -0.15) is 0 Å². The van der Waals surface area contributed by atoms with Crippen LogP contribution in [0.4, 0.5) is 14.7 Å². The number of rotatable bonds is 4. The number of nitrogens with one attached hydrogen (secondary N) is 2. The molecule has 0 aliphatic carbocycles. The van der Waals surface area contributed by atoms with Crippen molar-refractivity contribution in [3.05, 3.63) is 41.7 Å². The summed E-state index contributed by atoms with van der Waals surface area (Å²) in [4.78, 5) is 8.59. The normalized spacial score (nSPS) is 17.7. The molecule has 0 radical (unpaired) electrons. The summed E-state index contributed by atoms with van der Waals surface area (Å²) in [6.07, 6.45) is 3.91. The minimum Gasteiger partial charge on any atom is -0.353 e. The lowest BCUT2D eigenvalue weighted by Crippen LogP contribution is -2.29. The maximum atomic E-state index is 13.8. The van der Waals surface area contributed by atoms with Crippen molar-refractivity contribution in [3.8, 4) is 11.1 Å². The summed E-state index contributed by atoms with van der Waals surface area (Å²) in [6, 6.07) is 3.95. The van der Waals surface area contributed by atoms with Crippen molar-refractivity contribution in [2.45, 2.75) is 25.8 Å². The van der Waals surface area contributed by atoms with Crippen LogP contribution in [0.1, 0.15) is 18.5 Å². The van der Waals surface area contributed by atoms with E-state index in [4.69, 9.17) is 0 Å². The van der Waals surface area contributed by atoms with Crippen molar-refractivity contribution in [2.75, 3.05) is 18.4 Å². The van der Waals surface area contributed by atoms with Crippen molar-refractivity contribution in [1.29, 1.82) is 0 Å². The van der Waals surface area contributed by atoms with Gasteiger partial charge in [-0.25, -0.2) is 18.7 Å². The van der Waals surface area contributed by atoms with Crippen LogP contribution >= 0.6 is 0 Å². The van der Waals surface area contributed by atoms with Gasteiger partial charge in [0.2, 0.25) is 5.95 Å². The Kier molecular flexibility index (Phi) is 4.29. The van der Waals surface area contributed by atoms with E-state index in [2.05, 4.69) is 20.6 Å². The lowest BCUT2D eigenvalue weighted by molar-refractivity contribution is 0.585. The Morgan fingerprint density at radius 3 is 2.86 bits per heavy atom. The van der Waals surface area contributed by atoms with Crippen LogP contribution < -0.4 is 10.6 Å². The molecule has 0 spiro atoms. The molecule has 116 valence electrons. The van der Waals surface area contributed by atoms with Gasteiger partial charge in [0.1, 0.15) is 11.6 Å². The molecule has 2 heterocycles. The number of hydrogen-bond acceptors (Lipinski definition) is 4. The minimum atomic E-state index is -0.609. The Morgan fingerprint density at radius 1 is 1.32 bits per heavy atom. The van der Waals surface area contributed by atoms with E-state index in [-0.39, 0.29) is 0 Å². The van der Waals surface area contributed by atoms with Gasteiger partial charge in [-0.05, 0) is 38.4 Å². The molecule has 1 saturated heterocycles. The molecule has 1 aliphatic rings. The molecular weight excluding hydrogens is 286 g/mol. The maximum absolute atomic E-state index is 13.8. The van der Waals surface area contributed by atoms with Gasteiger partial charge < -0.3 is 10.6 Å². The fourth-order valence-electron chi connectivity index (χ4n) is 2.67. The highest BCUT2D eigenvalue weighted by atomic mass is 19.1. The summed E-state index contributed by atoms with van der Waals surface area (Å²) in [6.45, 7) is 3.61. The van der Waals surface area contributed by atoms with Crippen LogP contribution in [0.25, 0.3) is 11.1 Å². The van der Waals surface area contributed by atoms with E-state index in [0.29, 0.717) is 28.8 Å². The van der Waals surface area contributed by atoms with Gasteiger partial charge in [0, 0.05) is 36.0 Å². The van der Waals surface area contributed by atoms with Gasteiger partial charge in [-0.15, -0.1) is 0 Å². The standard InChI is InChI=1S/C16H18F2N4/c1-10-14(13-5-4-11(17)7-15(13)18)9-21-16(22-10)20-8-12-3-2-6-19-12/h4-5,7,9,12,19H,2-3,6,8H2,1H3,(H,20,21,22). The molecule has 1 aromatic heterocycles. The smallest absolute Gasteiger partial charge is 0.222 e. The highest BCUT2D eigenvalue weighted by Crippen LogP contribution is 2.25. The molecule has 3 rings (SSSR count). The zero-order valence-electron chi connectivity index (χ0n) is 12.4. The van der Waals surface area contributed by atoms with Crippen LogP contribution in [0.15, 0.2) is 24.4 Å². The van der Waals surface area contributed by atoms with Crippen molar-refractivity contribution < 1.29 is 8.78 Å². The number of anilines is 1. The van der Waals surface area contributed by atoms with Crippen LogP contribution in [0.2, 0.25) is 0 Å². The fraction of sp³-hybridized carbons (Fsp3) is 0.375. The summed E-state index contributed by atoms with van der Waals surface area (Å²) < 4.78 is 26.8. The largest absolute Gasteiger partial charge is 0.353 e. The van der Waals surface area contributed by atoms with Gasteiger partial charge >= 0.3 is 0 Å². The molecule has 1 unspecified atom stereocenters. The molecule has 1 atom stereocenters. The summed E-state index contributed by atoms with van der Waals surface area (Å²) in [5.41, 5.74) is 1.53. The number of hydrogen-bond donors (Lipinski definition) is 2. The average molecular weight is 304 g/mol. The summed E-state index contributed by atoms with van der Waals surface area (Å²) >= 11 is 0. The molecule has 2 N–H and O–H groups in total. The van der Waals surface area contributed by atoms with Gasteiger partial charge in [-0.1, -0.05) is 0 Å². The average Bonchev–Trinajstić information content (AvgIpc) is 2.99. The predicted octanol–water partition coefficient (Wildman–Crippen LogP) is 2.89. The maximum Gasteiger partial charge on any atom is 0.222 e. The van der Waals surface area contributed by atoms with E-state index in [9.17, 15) is 8.78 Å². The summed E-state index contributed by atoms with van der Waals surface area (Å²) in [5.74, 6) is -0.679. The summed E-state index contributed by atoms with van der Waals surface area (Å²) in [7, 11) is 0. The number of nitrogens with zero attached hydrogens (tertiary/aromatic N) is 2. The minimum absolute atomic E-state index is 0.308. The van der Waals surface area contributed by atoms with Crippen LogP contribution in [0, 0.1) is 18.6 Å². The van der Waals surface area contributed by atoms with Crippen LogP contribution in [0.3, 0.4) is 0 Å². The molecule has 1 aliphatic heterocycles. The Morgan fingerprint density at radius 2 is 2.18 bits per heavy atom. The monoisotopic (exact) mass is 304 g/mol. The van der Waals surface area contributed by atoms with Gasteiger partial charge in [0.15, 0.2) is 0 Å². The number of aromatic nitrogens is 2. The zero-order chi connectivity index (χ0) is 15.5. The van der Waals surface area contributed by atoms with E-state index in [1.807, 2.05) is 0 Å². The van der Waals surface area contributed by atoms with Gasteiger partial charge in [0.05, 0.1) is 5.69 Å². The third kappa shape index (κ3) is 3.22. The molecule has 1 fully saturated rings. The molecule has 0 saturated carbocycles. The second-order valence-electron chi connectivity index (χ2n) is 5.49. The second-order valence-corrected chi connectivity index (χ2v) is 5.49. The van der Waals surface area contributed by atoms with Crippen molar-refractivity contribution >= 4 is 5.95 Å². The van der Waals surface area contributed by atoms with E-state index in [1.165, 1.54) is 18.6 Å². The predicted molar refractivity (Wildman–Crippen MR) is 81.6 cm³/mol. The Bertz CT molecular complexity index is 669. The first-order chi connectivity index (χ1) is 10.6. The molecule has 6 heteroatoms. The molecule has 22 heavy (non-hydrogen) atoms. The number of benzene rings is 1. The first-order valence-electron chi connectivity index (χ1n) is 7.40. The van der Waals surface area contributed by atoms with E-state index in [0.717, 1.165) is 25.6 Å². The topological polar surface area (TPSA) is 49.8 Å². The highest BCUT2D eigenvalue weighted by Gasteiger charge is 2.15. The van der Waals surface area contributed by atoms with Crippen LogP contribution in [-0.4, -0.2) is 29.1 Å². The van der Waals surface area contributed by atoms with E-state index < -0.39 is 11.6 Å². The van der Waals surface area contributed by atoms with Gasteiger partial charge in [-0.3, -0.25) is 0 Å². The number of halogens is 2. The molecule has 1 aromatic carbocycles. The van der Waals surface area contributed by atoms with E-state index in [1.54, 1.807) is 13.1 Å². The molecule has 4 nitrogen and oxygen atoms in total. The Balaban J connectivity index is 1.76. The first kappa shape index (κ1) is 14.8. The van der Waals surface area contributed by atoms with Crippen LogP contribution in [0.5, 0.6) is 0 Å². The Hall–Kier alpha value is -2.08. The second kappa shape index (κ2) is 6.36. The van der Waals surface area contributed by atoms with Gasteiger partial charge in [0.25, 0.3) is 0 Å². The van der Waals surface area contributed by atoms with Crippen molar-refractivity contribution in [3.63, 3.8) is 0 Å². The third-order valence-electron chi connectivity index (χ3n) is 3.87. The molecular formula is C16H18F2N4.